The second-order valence-electron chi connectivity index (χ2n) is 18.0. The molecule has 9 rings (SSSR count). The number of esters is 1. The van der Waals surface area contributed by atoms with Gasteiger partial charge in [0.05, 0.1) is 46.3 Å². The number of nitrogens with zero attached hydrogens (tertiary/aromatic N) is 5. The minimum atomic E-state index is -2.18. The maximum Gasteiger partial charge on any atom is 0.332 e. The number of hydrogen-bond acceptors (Lipinski definition) is 17. The number of hydrogen-bond donors (Lipinski definition) is 2. The predicted octanol–water partition coefficient (Wildman–Crippen LogP) is 7.45. The SMILES string of the molecule is COc1ccc(C(OC[C@H]2O[C@@H](n3cnc4c(NCc5ccccc5)ncnc43)C[C@@H]2OP(OC)OC[C@H]2O[C@@H](n3cc(C)c(=O)[nH]c3=O)C[C@@H]2OC(=O)CCC(C)=O)(c2ccccc2)c2ccc(OC)cc2)cc1. The van der Waals surface area contributed by atoms with Crippen LogP contribution in [0.25, 0.3) is 11.2 Å². The molecular weight excluding hydrogens is 986 g/mol. The molecule has 2 N–H and O–H groups in total. The lowest BCUT2D eigenvalue weighted by Gasteiger charge is -2.37. The normalized spacial score (nSPS) is 20.0. The van der Waals surface area contributed by atoms with Crippen LogP contribution in [0.3, 0.4) is 0 Å². The van der Waals surface area contributed by atoms with Gasteiger partial charge in [-0.1, -0.05) is 84.9 Å². The van der Waals surface area contributed by atoms with Crippen LogP contribution in [0.1, 0.15) is 72.9 Å². The summed E-state index contributed by atoms with van der Waals surface area (Å²) < 4.78 is 59.7. The summed E-state index contributed by atoms with van der Waals surface area (Å²) in [6.07, 6.45) is -0.263. The maximum absolute atomic E-state index is 13.0. The van der Waals surface area contributed by atoms with E-state index in [4.69, 9.17) is 47.0 Å². The van der Waals surface area contributed by atoms with Gasteiger partial charge in [0, 0.05) is 44.7 Å². The Morgan fingerprint density at radius 3 is 2.01 bits per heavy atom. The van der Waals surface area contributed by atoms with Gasteiger partial charge in [0.1, 0.15) is 60.0 Å². The van der Waals surface area contributed by atoms with Gasteiger partial charge in [-0.3, -0.25) is 23.7 Å². The number of carbonyl (C=O) groups is 2. The number of ketones is 1. The van der Waals surface area contributed by atoms with Crippen LogP contribution >= 0.6 is 8.60 Å². The van der Waals surface area contributed by atoms with Crippen molar-refractivity contribution in [1.82, 2.24) is 29.1 Å². The third kappa shape index (κ3) is 12.0. The third-order valence-electron chi connectivity index (χ3n) is 13.1. The summed E-state index contributed by atoms with van der Waals surface area (Å²) in [7, 11) is 2.50. The van der Waals surface area contributed by atoms with Crippen molar-refractivity contribution < 1.29 is 51.6 Å². The number of methoxy groups -OCH3 is 2. The van der Waals surface area contributed by atoms with E-state index in [-0.39, 0.29) is 50.2 Å². The molecular formula is C54H58N7O13P. The Labute approximate surface area is 433 Å². The van der Waals surface area contributed by atoms with E-state index in [2.05, 4.69) is 20.3 Å². The van der Waals surface area contributed by atoms with Crippen LogP contribution in [0.4, 0.5) is 5.82 Å². The summed E-state index contributed by atoms with van der Waals surface area (Å²) in [5.74, 6) is 1.10. The highest BCUT2D eigenvalue weighted by Gasteiger charge is 2.46. The van der Waals surface area contributed by atoms with E-state index < -0.39 is 68.3 Å². The van der Waals surface area contributed by atoms with Crippen LogP contribution < -0.4 is 26.0 Å². The number of nitrogens with one attached hydrogen (secondary N) is 2. The zero-order valence-corrected chi connectivity index (χ0v) is 42.9. The number of carbonyl (C=O) groups excluding carboxylic acids is 2. The number of aromatic nitrogens is 6. The van der Waals surface area contributed by atoms with Crippen LogP contribution in [0.2, 0.25) is 0 Å². The Balaban J connectivity index is 1.02. The molecule has 3 aromatic heterocycles. The van der Waals surface area contributed by atoms with Gasteiger partial charge < -0.3 is 52.1 Å². The molecule has 2 saturated heterocycles. The van der Waals surface area contributed by atoms with Crippen molar-refractivity contribution in [2.24, 2.45) is 0 Å². The van der Waals surface area contributed by atoms with Crippen LogP contribution in [0, 0.1) is 6.92 Å². The van der Waals surface area contributed by atoms with E-state index in [9.17, 15) is 19.2 Å². The van der Waals surface area contributed by atoms with Gasteiger partial charge in [-0.2, -0.15) is 0 Å². The topological polar surface area (TPSA) is 228 Å². The third-order valence-corrected chi connectivity index (χ3v) is 14.2. The van der Waals surface area contributed by atoms with E-state index in [1.807, 2.05) is 114 Å². The lowest BCUT2D eigenvalue weighted by molar-refractivity contribution is -0.153. The Bertz CT molecular complexity index is 3110. The summed E-state index contributed by atoms with van der Waals surface area (Å²) in [6.45, 7) is 3.24. The number of Topliss-reactive ketones (excluding diaryl/α,β-unsaturated/α-hetero) is 1. The molecule has 21 heteroatoms. The summed E-state index contributed by atoms with van der Waals surface area (Å²) in [4.78, 5) is 66.2. The second kappa shape index (κ2) is 24.0. The van der Waals surface area contributed by atoms with E-state index in [1.54, 1.807) is 27.5 Å². The molecule has 2 aliphatic rings. The Hall–Kier alpha value is -7.16. The summed E-state index contributed by atoms with van der Waals surface area (Å²) in [5.41, 5.74) is 2.45. The van der Waals surface area contributed by atoms with Gasteiger partial charge in [-0.15, -0.1) is 0 Å². The largest absolute Gasteiger partial charge is 0.497 e. The average molecular weight is 1040 g/mol. The first kappa shape index (κ1) is 52.7. The van der Waals surface area contributed by atoms with Crippen molar-refractivity contribution in [3.63, 3.8) is 0 Å². The molecule has 392 valence electrons. The molecule has 4 aromatic carbocycles. The van der Waals surface area contributed by atoms with Gasteiger partial charge >= 0.3 is 20.3 Å². The minimum absolute atomic E-state index is 0.00544. The van der Waals surface area contributed by atoms with Gasteiger partial charge in [-0.05, 0) is 60.4 Å². The molecule has 0 bridgehead atoms. The van der Waals surface area contributed by atoms with Crippen molar-refractivity contribution in [2.75, 3.05) is 39.9 Å². The number of rotatable bonds is 23. The number of H-pyrrole nitrogens is 1. The van der Waals surface area contributed by atoms with Crippen molar-refractivity contribution in [1.29, 1.82) is 0 Å². The number of aryl methyl sites for hydroxylation is 1. The molecule has 0 aliphatic carbocycles. The minimum Gasteiger partial charge on any atom is -0.497 e. The standard InChI is InChI=1S/C54H58N7O13P/c1-34-29-60(53(65)59-52(34)64)46-26-42(73-48(63)25-16-35(2)62)45(72-46)31-70-75(68-5)74-43-27-47(61-33-58-49-50(56-32-57-51(49)61)55-28-36-12-8-6-9-13-36)71-44(43)30-69-54(37-14-10-7-11-15-37,38-17-21-40(66-3)22-18-38)39-19-23-41(67-4)24-20-39/h6-15,17-24,29,32-33,42-47H,16,25-28,30-31H2,1-5H3,(H,55,56,57)(H,59,64,65)/t42-,43-,44+,45+,46+,47+,75?/m0/s1. The van der Waals surface area contributed by atoms with Crippen LogP contribution in [-0.4, -0.2) is 99.8 Å². The van der Waals surface area contributed by atoms with Gasteiger partial charge in [0.25, 0.3) is 5.56 Å². The molecule has 0 spiro atoms. The van der Waals surface area contributed by atoms with Gasteiger partial charge in [0.15, 0.2) is 17.0 Å². The fraction of sp³-hybridized carbons (Fsp3) is 0.352. The summed E-state index contributed by atoms with van der Waals surface area (Å²) in [6, 6.07) is 35.3. The lowest BCUT2D eigenvalue weighted by atomic mass is 9.80. The molecule has 5 heterocycles. The number of ether oxygens (including phenoxy) is 6. The molecule has 75 heavy (non-hydrogen) atoms. The summed E-state index contributed by atoms with van der Waals surface area (Å²) in [5, 5.41) is 3.40. The Kier molecular flexibility index (Phi) is 16.9. The molecule has 1 unspecified atom stereocenters. The zero-order valence-electron chi connectivity index (χ0n) is 42.0. The number of imidazole rings is 1. The number of benzene rings is 4. The second-order valence-corrected chi connectivity index (χ2v) is 19.3. The number of fused-ring (bicyclic) bond motifs is 1. The van der Waals surface area contributed by atoms with E-state index in [0.717, 1.165) is 22.3 Å². The summed E-state index contributed by atoms with van der Waals surface area (Å²) >= 11 is 0. The average Bonchev–Trinajstić information content (AvgIpc) is 4.18. The number of aromatic amines is 1. The van der Waals surface area contributed by atoms with E-state index in [0.29, 0.717) is 35.0 Å². The molecule has 0 saturated carbocycles. The first-order valence-electron chi connectivity index (χ1n) is 24.4. The van der Waals surface area contributed by atoms with Gasteiger partial charge in [-0.25, -0.2) is 19.7 Å². The van der Waals surface area contributed by atoms with Crippen LogP contribution in [0.5, 0.6) is 11.5 Å². The number of anilines is 1. The van der Waals surface area contributed by atoms with Gasteiger partial charge in [0.2, 0.25) is 0 Å². The smallest absolute Gasteiger partial charge is 0.332 e. The first-order valence-corrected chi connectivity index (χ1v) is 25.5. The molecule has 7 atom stereocenters. The Morgan fingerprint density at radius 2 is 1.37 bits per heavy atom. The monoisotopic (exact) mass is 1040 g/mol. The molecule has 2 aliphatic heterocycles. The fourth-order valence-corrected chi connectivity index (χ4v) is 10.2. The van der Waals surface area contributed by atoms with Crippen molar-refractivity contribution >= 4 is 37.3 Å². The quantitative estimate of drug-likeness (QED) is 0.0360. The van der Waals surface area contributed by atoms with Crippen LogP contribution in [-0.2, 0) is 54.3 Å². The van der Waals surface area contributed by atoms with Crippen molar-refractivity contribution in [3.05, 3.63) is 177 Å². The van der Waals surface area contributed by atoms with Crippen molar-refractivity contribution in [3.8, 4) is 11.5 Å². The lowest BCUT2D eigenvalue weighted by Crippen LogP contribution is -2.38. The van der Waals surface area contributed by atoms with E-state index >= 15 is 0 Å². The van der Waals surface area contributed by atoms with Crippen LogP contribution in [0.15, 0.2) is 138 Å². The molecule has 0 amide bonds. The zero-order chi connectivity index (χ0) is 52.5. The molecule has 2 fully saturated rings. The molecule has 7 aromatic rings. The Morgan fingerprint density at radius 1 is 0.760 bits per heavy atom. The fourth-order valence-electron chi connectivity index (χ4n) is 9.21. The first-order chi connectivity index (χ1) is 36.5. The van der Waals surface area contributed by atoms with Crippen molar-refractivity contribution in [2.45, 2.75) is 88.5 Å². The highest BCUT2D eigenvalue weighted by atomic mass is 31.2. The molecule has 0 radical (unpaired) electrons. The maximum atomic E-state index is 13.0. The highest BCUT2D eigenvalue weighted by molar-refractivity contribution is 7.41. The highest BCUT2D eigenvalue weighted by Crippen LogP contribution is 2.48. The predicted molar refractivity (Wildman–Crippen MR) is 275 cm³/mol. The molecule has 20 nitrogen and oxygen atoms in total. The van der Waals surface area contributed by atoms with E-state index in [1.165, 1.54) is 31.1 Å².